The number of aromatic nitrogens is 1. The van der Waals surface area contributed by atoms with Gasteiger partial charge in [-0.25, -0.2) is 4.98 Å². The Morgan fingerprint density at radius 1 is 1.03 bits per heavy atom. The third-order valence-corrected chi connectivity index (χ3v) is 6.87. The summed E-state index contributed by atoms with van der Waals surface area (Å²) in [4.78, 5) is 22.4. The Kier molecular flexibility index (Phi) is 8.30. The number of aryl methyl sites for hydroxylation is 1. The standard InChI is InChI=1S/C26H29N3O2S.ClH/c1-18-13-14-22(31-4)24-25(18)32-26(27-24)29(16-8-15-28(2)3)23(30)17-20-11-7-10-19-9-5-6-12-21(19)20;/h5-7,9-14H,8,15-17H2,1-4H3;1H. The first-order valence-electron chi connectivity index (χ1n) is 10.8. The summed E-state index contributed by atoms with van der Waals surface area (Å²) in [6.45, 7) is 3.60. The van der Waals surface area contributed by atoms with Crippen molar-refractivity contribution in [2.75, 3.05) is 39.2 Å². The molecule has 0 aliphatic rings. The number of rotatable bonds is 8. The molecule has 174 valence electrons. The number of carbonyl (C=O) groups is 1. The summed E-state index contributed by atoms with van der Waals surface area (Å²) in [6, 6.07) is 18.3. The molecule has 0 N–H and O–H groups in total. The highest BCUT2D eigenvalue weighted by Crippen LogP contribution is 2.36. The van der Waals surface area contributed by atoms with Crippen LogP contribution in [0.1, 0.15) is 17.5 Å². The van der Waals surface area contributed by atoms with Gasteiger partial charge >= 0.3 is 0 Å². The normalized spacial score (nSPS) is 11.1. The lowest BCUT2D eigenvalue weighted by Crippen LogP contribution is -2.34. The van der Waals surface area contributed by atoms with Crippen molar-refractivity contribution in [1.29, 1.82) is 0 Å². The molecule has 1 aromatic heterocycles. The minimum absolute atomic E-state index is 0. The zero-order valence-electron chi connectivity index (χ0n) is 19.5. The molecule has 0 aliphatic carbocycles. The zero-order valence-corrected chi connectivity index (χ0v) is 21.1. The Bertz CT molecular complexity index is 1250. The van der Waals surface area contributed by atoms with Gasteiger partial charge in [0.1, 0.15) is 11.3 Å². The van der Waals surface area contributed by atoms with E-state index in [1.165, 1.54) is 0 Å². The van der Waals surface area contributed by atoms with E-state index in [0.717, 1.165) is 56.0 Å². The van der Waals surface area contributed by atoms with Gasteiger partial charge in [0, 0.05) is 6.54 Å². The molecular weight excluding hydrogens is 454 g/mol. The Hall–Kier alpha value is -2.67. The van der Waals surface area contributed by atoms with Gasteiger partial charge in [0.15, 0.2) is 5.13 Å². The van der Waals surface area contributed by atoms with Crippen LogP contribution >= 0.6 is 23.7 Å². The first kappa shape index (κ1) is 25.0. The van der Waals surface area contributed by atoms with Crippen LogP contribution in [0.25, 0.3) is 21.0 Å². The van der Waals surface area contributed by atoms with Crippen molar-refractivity contribution in [2.24, 2.45) is 0 Å². The molecule has 1 heterocycles. The summed E-state index contributed by atoms with van der Waals surface area (Å²) in [7, 11) is 5.76. The van der Waals surface area contributed by atoms with E-state index < -0.39 is 0 Å². The number of methoxy groups -OCH3 is 1. The van der Waals surface area contributed by atoms with Crippen LogP contribution in [0.5, 0.6) is 5.75 Å². The van der Waals surface area contributed by atoms with Gasteiger partial charge in [-0.05, 0) is 62.0 Å². The topological polar surface area (TPSA) is 45.7 Å². The van der Waals surface area contributed by atoms with E-state index in [1.54, 1.807) is 18.4 Å². The summed E-state index contributed by atoms with van der Waals surface area (Å²) in [5.74, 6) is 0.804. The predicted octanol–water partition coefficient (Wildman–Crippen LogP) is 5.72. The molecule has 0 spiro atoms. The van der Waals surface area contributed by atoms with Crippen LogP contribution in [0, 0.1) is 6.92 Å². The van der Waals surface area contributed by atoms with Crippen LogP contribution in [0.15, 0.2) is 54.6 Å². The lowest BCUT2D eigenvalue weighted by atomic mass is 10.0. The number of anilines is 1. The van der Waals surface area contributed by atoms with Gasteiger partial charge in [-0.2, -0.15) is 0 Å². The molecule has 4 aromatic rings. The number of hydrogen-bond donors (Lipinski definition) is 0. The molecule has 0 fully saturated rings. The van der Waals surface area contributed by atoms with Crippen LogP contribution in [0.2, 0.25) is 0 Å². The number of thiazole rings is 1. The second kappa shape index (κ2) is 11.0. The fourth-order valence-electron chi connectivity index (χ4n) is 3.96. The van der Waals surface area contributed by atoms with Gasteiger partial charge < -0.3 is 9.64 Å². The number of amides is 1. The molecule has 0 atom stereocenters. The van der Waals surface area contributed by atoms with Crippen LogP contribution in [-0.2, 0) is 11.2 Å². The average Bonchev–Trinajstić information content (AvgIpc) is 3.23. The van der Waals surface area contributed by atoms with E-state index in [1.807, 2.05) is 55.4 Å². The largest absolute Gasteiger partial charge is 0.494 e. The summed E-state index contributed by atoms with van der Waals surface area (Å²) in [5.41, 5.74) is 3.00. The molecule has 7 heteroatoms. The highest BCUT2D eigenvalue weighted by atomic mass is 35.5. The summed E-state index contributed by atoms with van der Waals surface area (Å²) in [5, 5.41) is 3.01. The van der Waals surface area contributed by atoms with Gasteiger partial charge in [0.2, 0.25) is 5.91 Å². The molecule has 0 bridgehead atoms. The summed E-state index contributed by atoms with van der Waals surface area (Å²) >= 11 is 1.56. The maximum Gasteiger partial charge on any atom is 0.233 e. The van der Waals surface area contributed by atoms with Gasteiger partial charge in [0.05, 0.1) is 18.2 Å². The highest BCUT2D eigenvalue weighted by molar-refractivity contribution is 7.22. The van der Waals surface area contributed by atoms with Gasteiger partial charge in [-0.3, -0.25) is 9.69 Å². The highest BCUT2D eigenvalue weighted by Gasteiger charge is 2.22. The van der Waals surface area contributed by atoms with Gasteiger partial charge in [-0.15, -0.1) is 12.4 Å². The minimum atomic E-state index is 0. The number of hydrogen-bond acceptors (Lipinski definition) is 5. The first-order chi connectivity index (χ1) is 15.5. The molecule has 4 rings (SSSR count). The molecule has 0 radical (unpaired) electrons. The summed E-state index contributed by atoms with van der Waals surface area (Å²) in [6.07, 6.45) is 1.22. The SMILES string of the molecule is COc1ccc(C)c2sc(N(CCCN(C)C)C(=O)Cc3cccc4ccccc34)nc12.Cl. The summed E-state index contributed by atoms with van der Waals surface area (Å²) < 4.78 is 6.59. The Morgan fingerprint density at radius 2 is 1.79 bits per heavy atom. The molecule has 0 saturated carbocycles. The number of halogens is 1. The molecule has 3 aromatic carbocycles. The van der Waals surface area contributed by atoms with Crippen molar-refractivity contribution < 1.29 is 9.53 Å². The van der Waals surface area contributed by atoms with Gasteiger partial charge in [-0.1, -0.05) is 59.9 Å². The lowest BCUT2D eigenvalue weighted by molar-refractivity contribution is -0.118. The molecule has 0 saturated heterocycles. The third kappa shape index (κ3) is 5.46. The van der Waals surface area contributed by atoms with E-state index in [0.29, 0.717) is 13.0 Å². The van der Waals surface area contributed by atoms with E-state index in [-0.39, 0.29) is 18.3 Å². The maximum absolute atomic E-state index is 13.6. The maximum atomic E-state index is 13.6. The molecule has 0 aliphatic heterocycles. The van der Waals surface area contributed by atoms with Gasteiger partial charge in [0.25, 0.3) is 0 Å². The van der Waals surface area contributed by atoms with Crippen LogP contribution in [0.3, 0.4) is 0 Å². The monoisotopic (exact) mass is 483 g/mol. The molecule has 0 unspecified atom stereocenters. The van der Waals surface area contributed by atoms with Crippen molar-refractivity contribution >= 4 is 55.8 Å². The molecule has 5 nitrogen and oxygen atoms in total. The second-order valence-electron chi connectivity index (χ2n) is 8.28. The van der Waals surface area contributed by atoms with E-state index in [9.17, 15) is 4.79 Å². The molecule has 33 heavy (non-hydrogen) atoms. The fraction of sp³-hybridized carbons (Fsp3) is 0.308. The zero-order chi connectivity index (χ0) is 22.7. The van der Waals surface area contributed by atoms with E-state index in [4.69, 9.17) is 9.72 Å². The second-order valence-corrected chi connectivity index (χ2v) is 9.25. The lowest BCUT2D eigenvalue weighted by Gasteiger charge is -2.21. The van der Waals surface area contributed by atoms with Crippen molar-refractivity contribution in [3.05, 3.63) is 65.7 Å². The van der Waals surface area contributed by atoms with Crippen LogP contribution in [0.4, 0.5) is 5.13 Å². The number of ether oxygens (including phenoxy) is 1. The smallest absolute Gasteiger partial charge is 0.233 e. The Balaban J connectivity index is 0.00000306. The Morgan fingerprint density at radius 3 is 2.55 bits per heavy atom. The molecular formula is C26H30ClN3O2S. The Labute approximate surface area is 205 Å². The third-order valence-electron chi connectivity index (χ3n) is 5.65. The van der Waals surface area contributed by atoms with Crippen LogP contribution < -0.4 is 9.64 Å². The van der Waals surface area contributed by atoms with Crippen molar-refractivity contribution in [2.45, 2.75) is 19.8 Å². The minimum Gasteiger partial charge on any atom is -0.494 e. The number of benzene rings is 3. The average molecular weight is 484 g/mol. The van der Waals surface area contributed by atoms with Crippen molar-refractivity contribution in [3.63, 3.8) is 0 Å². The number of carbonyl (C=O) groups excluding carboxylic acids is 1. The van der Waals surface area contributed by atoms with E-state index in [2.05, 4.69) is 30.0 Å². The molecule has 1 amide bonds. The fourth-order valence-corrected chi connectivity index (χ4v) is 5.05. The van der Waals surface area contributed by atoms with Crippen molar-refractivity contribution in [3.8, 4) is 5.75 Å². The number of nitrogens with zero attached hydrogens (tertiary/aromatic N) is 3. The van der Waals surface area contributed by atoms with Crippen molar-refractivity contribution in [1.82, 2.24) is 9.88 Å². The van der Waals surface area contributed by atoms with E-state index >= 15 is 0 Å². The predicted molar refractivity (Wildman–Crippen MR) is 141 cm³/mol. The number of fused-ring (bicyclic) bond motifs is 2. The van der Waals surface area contributed by atoms with Crippen LogP contribution in [-0.4, -0.2) is 50.1 Å². The first-order valence-corrected chi connectivity index (χ1v) is 11.7. The quantitative estimate of drug-likeness (QED) is 0.321.